The minimum absolute atomic E-state index is 0.0479. The van der Waals surface area contributed by atoms with Crippen LogP contribution >= 0.6 is 15.9 Å². The molecule has 23 heavy (non-hydrogen) atoms. The molecule has 1 fully saturated rings. The van der Waals surface area contributed by atoms with Crippen LogP contribution in [0, 0.1) is 11.3 Å². The molecule has 1 heterocycles. The molecule has 0 spiro atoms. The van der Waals surface area contributed by atoms with Crippen LogP contribution in [0.2, 0.25) is 0 Å². The van der Waals surface area contributed by atoms with Gasteiger partial charge in [0.2, 0.25) is 11.8 Å². The Bertz CT molecular complexity index is 604. The lowest BCUT2D eigenvalue weighted by molar-refractivity contribution is -0.131. The first-order chi connectivity index (χ1) is 11.1. The number of likely N-dealkylation sites (tertiary alicyclic amines) is 1. The van der Waals surface area contributed by atoms with Gasteiger partial charge in [-0.05, 0) is 37.0 Å². The number of amides is 2. The van der Waals surface area contributed by atoms with Crippen molar-refractivity contribution < 1.29 is 9.59 Å². The minimum atomic E-state index is -0.119. The van der Waals surface area contributed by atoms with E-state index in [-0.39, 0.29) is 24.3 Å². The van der Waals surface area contributed by atoms with E-state index in [0.717, 1.165) is 22.9 Å². The molecule has 1 aliphatic heterocycles. The summed E-state index contributed by atoms with van der Waals surface area (Å²) in [6.45, 7) is 1.22. The Hall–Kier alpha value is -1.87. The van der Waals surface area contributed by atoms with Gasteiger partial charge in [-0.1, -0.05) is 28.1 Å². The molecule has 0 aliphatic carbocycles. The number of rotatable bonds is 5. The van der Waals surface area contributed by atoms with E-state index in [4.69, 9.17) is 5.26 Å². The fraction of sp³-hybridized carbons (Fsp3) is 0.471. The van der Waals surface area contributed by atoms with Crippen molar-refractivity contribution in [3.63, 3.8) is 0 Å². The Morgan fingerprint density at radius 2 is 2.09 bits per heavy atom. The molecule has 2 rings (SSSR count). The fourth-order valence-corrected chi connectivity index (χ4v) is 3.15. The Balaban J connectivity index is 1.71. The molecule has 1 aromatic rings. The molecule has 0 aromatic heterocycles. The second-order valence-corrected chi connectivity index (χ2v) is 6.60. The lowest BCUT2D eigenvalue weighted by atomic mass is 10.0. The fourth-order valence-electron chi connectivity index (χ4n) is 2.70. The monoisotopic (exact) mass is 377 g/mol. The summed E-state index contributed by atoms with van der Waals surface area (Å²) < 4.78 is 1.02. The van der Waals surface area contributed by atoms with Crippen molar-refractivity contribution in [2.45, 2.75) is 38.1 Å². The van der Waals surface area contributed by atoms with Gasteiger partial charge in [-0.25, -0.2) is 0 Å². The van der Waals surface area contributed by atoms with Gasteiger partial charge in [0.05, 0.1) is 6.07 Å². The zero-order valence-corrected chi connectivity index (χ0v) is 14.5. The molecule has 6 heteroatoms. The smallest absolute Gasteiger partial charge is 0.236 e. The maximum absolute atomic E-state index is 12.0. The highest BCUT2D eigenvalue weighted by Gasteiger charge is 2.23. The summed E-state index contributed by atoms with van der Waals surface area (Å²) in [5.41, 5.74) is 1.13. The normalized spacial score (nSPS) is 15.0. The highest BCUT2D eigenvalue weighted by atomic mass is 79.9. The summed E-state index contributed by atoms with van der Waals surface area (Å²) in [4.78, 5) is 25.4. The SMILES string of the molecule is N#CCC(=O)N1CCC(NC(=O)CCc2cccc(Br)c2)CC1. The number of aryl methyl sites for hydroxylation is 1. The predicted octanol–water partition coefficient (Wildman–Crippen LogP) is 2.40. The molecule has 1 N–H and O–H groups in total. The lowest BCUT2D eigenvalue weighted by Crippen LogP contribution is -2.46. The zero-order valence-electron chi connectivity index (χ0n) is 12.9. The molecular formula is C17H20BrN3O2. The van der Waals surface area contributed by atoms with Crippen molar-refractivity contribution in [2.75, 3.05) is 13.1 Å². The Morgan fingerprint density at radius 1 is 1.35 bits per heavy atom. The summed E-state index contributed by atoms with van der Waals surface area (Å²) in [6.07, 6.45) is 2.61. The Morgan fingerprint density at radius 3 is 2.74 bits per heavy atom. The molecule has 2 amide bonds. The van der Waals surface area contributed by atoms with Gasteiger partial charge in [-0.15, -0.1) is 0 Å². The maximum atomic E-state index is 12.0. The molecule has 122 valence electrons. The number of halogens is 1. The van der Waals surface area contributed by atoms with Crippen LogP contribution in [-0.4, -0.2) is 35.8 Å². The second kappa shape index (κ2) is 8.68. The van der Waals surface area contributed by atoms with Crippen molar-refractivity contribution in [3.8, 4) is 6.07 Å². The molecule has 0 radical (unpaired) electrons. The third-order valence-corrected chi connectivity index (χ3v) is 4.47. The molecule has 1 saturated heterocycles. The van der Waals surface area contributed by atoms with Crippen LogP contribution in [0.4, 0.5) is 0 Å². The van der Waals surface area contributed by atoms with Gasteiger partial charge in [-0.2, -0.15) is 5.26 Å². The number of nitriles is 1. The number of carbonyl (C=O) groups is 2. The molecule has 0 bridgehead atoms. The first kappa shape index (κ1) is 17.5. The number of carbonyl (C=O) groups excluding carboxylic acids is 2. The van der Waals surface area contributed by atoms with Crippen molar-refractivity contribution in [1.29, 1.82) is 5.26 Å². The Kier molecular flexibility index (Phi) is 6.60. The molecule has 1 aromatic carbocycles. The van der Waals surface area contributed by atoms with Crippen LogP contribution in [0.3, 0.4) is 0 Å². The third kappa shape index (κ3) is 5.68. The van der Waals surface area contributed by atoms with Gasteiger partial charge in [0.25, 0.3) is 0 Å². The van der Waals surface area contributed by atoms with Crippen LogP contribution in [0.15, 0.2) is 28.7 Å². The van der Waals surface area contributed by atoms with Gasteiger partial charge < -0.3 is 10.2 Å². The van der Waals surface area contributed by atoms with Gasteiger partial charge in [0, 0.05) is 30.0 Å². The number of nitrogens with one attached hydrogen (secondary N) is 1. The summed E-state index contributed by atoms with van der Waals surface area (Å²) in [5, 5.41) is 11.6. The number of benzene rings is 1. The third-order valence-electron chi connectivity index (χ3n) is 3.97. The molecule has 0 atom stereocenters. The van der Waals surface area contributed by atoms with Gasteiger partial charge >= 0.3 is 0 Å². The molecule has 0 unspecified atom stereocenters. The average molecular weight is 378 g/mol. The quantitative estimate of drug-likeness (QED) is 0.855. The van der Waals surface area contributed by atoms with E-state index in [9.17, 15) is 9.59 Å². The molecule has 0 saturated carbocycles. The average Bonchev–Trinajstić information content (AvgIpc) is 2.54. The maximum Gasteiger partial charge on any atom is 0.236 e. The van der Waals surface area contributed by atoms with Crippen LogP contribution in [0.5, 0.6) is 0 Å². The summed E-state index contributed by atoms with van der Waals surface area (Å²) in [5.74, 6) is -0.0706. The summed E-state index contributed by atoms with van der Waals surface area (Å²) in [6, 6.07) is 9.96. The number of piperidine rings is 1. The van der Waals surface area contributed by atoms with Crippen LogP contribution in [-0.2, 0) is 16.0 Å². The van der Waals surface area contributed by atoms with Crippen LogP contribution in [0.1, 0.15) is 31.2 Å². The van der Waals surface area contributed by atoms with E-state index in [1.165, 1.54) is 0 Å². The van der Waals surface area contributed by atoms with Crippen molar-refractivity contribution >= 4 is 27.7 Å². The summed E-state index contributed by atoms with van der Waals surface area (Å²) in [7, 11) is 0. The molecule has 5 nitrogen and oxygen atoms in total. The van der Waals surface area contributed by atoms with E-state index in [1.807, 2.05) is 30.3 Å². The van der Waals surface area contributed by atoms with Crippen molar-refractivity contribution in [3.05, 3.63) is 34.3 Å². The van der Waals surface area contributed by atoms with E-state index >= 15 is 0 Å². The summed E-state index contributed by atoms with van der Waals surface area (Å²) >= 11 is 3.42. The van der Waals surface area contributed by atoms with Crippen molar-refractivity contribution in [2.24, 2.45) is 0 Å². The predicted molar refractivity (Wildman–Crippen MR) is 90.4 cm³/mol. The number of hydrogen-bond donors (Lipinski definition) is 1. The van der Waals surface area contributed by atoms with Crippen molar-refractivity contribution in [1.82, 2.24) is 10.2 Å². The van der Waals surface area contributed by atoms with E-state index in [2.05, 4.69) is 21.2 Å². The molecular weight excluding hydrogens is 358 g/mol. The van der Waals surface area contributed by atoms with Gasteiger partial charge in [0.1, 0.15) is 6.42 Å². The zero-order chi connectivity index (χ0) is 16.7. The first-order valence-corrected chi connectivity index (χ1v) is 8.56. The number of nitrogens with zero attached hydrogens (tertiary/aromatic N) is 2. The highest BCUT2D eigenvalue weighted by molar-refractivity contribution is 9.10. The van der Waals surface area contributed by atoms with Crippen LogP contribution in [0.25, 0.3) is 0 Å². The molecule has 1 aliphatic rings. The number of hydrogen-bond acceptors (Lipinski definition) is 3. The van der Waals surface area contributed by atoms with Gasteiger partial charge in [0.15, 0.2) is 0 Å². The minimum Gasteiger partial charge on any atom is -0.353 e. The topological polar surface area (TPSA) is 73.2 Å². The van der Waals surface area contributed by atoms with E-state index in [0.29, 0.717) is 25.9 Å². The standard InChI is InChI=1S/C17H20BrN3O2/c18-14-3-1-2-13(12-14)4-5-16(22)20-15-7-10-21(11-8-15)17(23)6-9-19/h1-3,12,15H,4-8,10-11H2,(H,20,22). The Labute approximate surface area is 144 Å². The largest absolute Gasteiger partial charge is 0.353 e. The van der Waals surface area contributed by atoms with Crippen LogP contribution < -0.4 is 5.32 Å². The second-order valence-electron chi connectivity index (χ2n) is 5.69. The van der Waals surface area contributed by atoms with E-state index < -0.39 is 0 Å². The highest BCUT2D eigenvalue weighted by Crippen LogP contribution is 2.14. The van der Waals surface area contributed by atoms with Gasteiger partial charge in [-0.3, -0.25) is 9.59 Å². The first-order valence-electron chi connectivity index (χ1n) is 7.77. The van der Waals surface area contributed by atoms with E-state index in [1.54, 1.807) is 4.90 Å². The lowest BCUT2D eigenvalue weighted by Gasteiger charge is -2.32.